The second kappa shape index (κ2) is 6.06. The molecular weight excluding hydrogens is 296 g/mol. The number of non-ortho nitro benzene ring substituents is 1. The summed E-state index contributed by atoms with van der Waals surface area (Å²) in [5.74, 6) is -1.49. The highest BCUT2D eigenvalue weighted by molar-refractivity contribution is 5.71. The summed E-state index contributed by atoms with van der Waals surface area (Å²) >= 11 is 0. The molecule has 118 valence electrons. The van der Waals surface area contributed by atoms with E-state index in [1.54, 1.807) is 6.92 Å². The average molecular weight is 310 g/mol. The summed E-state index contributed by atoms with van der Waals surface area (Å²) in [5, 5.41) is 32.1. The molecule has 0 aliphatic heterocycles. The standard InChI is InChI=1S/C13H14N2O7/c1-2-22-11(16)6-9-8-4-3-7(14(18)19)5-10(8)13(17)12(9)15(20)21/h3-5,9,12-13,17H,2,6H2,1H3/t9-,12+,13+/m1/s1. The molecule has 1 aromatic rings. The van der Waals surface area contributed by atoms with E-state index in [2.05, 4.69) is 0 Å². The average Bonchev–Trinajstić information content (AvgIpc) is 2.71. The van der Waals surface area contributed by atoms with Crippen molar-refractivity contribution >= 4 is 11.7 Å². The number of benzene rings is 1. The van der Waals surface area contributed by atoms with Gasteiger partial charge < -0.3 is 9.84 Å². The Labute approximate surface area is 124 Å². The molecule has 0 heterocycles. The van der Waals surface area contributed by atoms with Gasteiger partial charge in [-0.05, 0) is 18.1 Å². The fraction of sp³-hybridized carbons (Fsp3) is 0.462. The summed E-state index contributed by atoms with van der Waals surface area (Å²) < 4.78 is 4.79. The van der Waals surface area contributed by atoms with Crippen molar-refractivity contribution in [2.24, 2.45) is 0 Å². The van der Waals surface area contributed by atoms with Crippen LogP contribution in [0.25, 0.3) is 0 Å². The number of hydrogen-bond donors (Lipinski definition) is 1. The molecule has 9 heteroatoms. The van der Waals surface area contributed by atoms with Crippen LogP contribution in [0.5, 0.6) is 0 Å². The maximum atomic E-state index is 11.6. The summed E-state index contributed by atoms with van der Waals surface area (Å²) in [6.45, 7) is 1.76. The molecule has 1 aliphatic rings. The number of aliphatic hydroxyl groups excluding tert-OH is 1. The Balaban J connectivity index is 2.42. The third-order valence-corrected chi connectivity index (χ3v) is 3.67. The smallest absolute Gasteiger partial charge is 0.306 e. The first-order chi connectivity index (χ1) is 10.4. The van der Waals surface area contributed by atoms with Gasteiger partial charge in [0.1, 0.15) is 6.10 Å². The molecule has 0 aromatic heterocycles. The van der Waals surface area contributed by atoms with Gasteiger partial charge in [-0.2, -0.15) is 0 Å². The number of nitro groups is 2. The maximum absolute atomic E-state index is 11.6. The highest BCUT2D eigenvalue weighted by atomic mass is 16.6. The first-order valence-electron chi connectivity index (χ1n) is 6.62. The number of carbonyl (C=O) groups excluding carboxylic acids is 1. The first kappa shape index (κ1) is 15.8. The molecule has 0 spiro atoms. The van der Waals surface area contributed by atoms with Crippen LogP contribution in [0.15, 0.2) is 18.2 Å². The molecular formula is C13H14N2O7. The summed E-state index contributed by atoms with van der Waals surface area (Å²) in [4.78, 5) is 32.3. The molecule has 1 aliphatic carbocycles. The Kier molecular flexibility index (Phi) is 4.36. The van der Waals surface area contributed by atoms with Gasteiger partial charge in [0, 0.05) is 17.1 Å². The lowest BCUT2D eigenvalue weighted by atomic mass is 9.94. The highest BCUT2D eigenvalue weighted by Gasteiger charge is 2.49. The number of aliphatic hydroxyl groups is 1. The fourth-order valence-corrected chi connectivity index (χ4v) is 2.75. The minimum atomic E-state index is -1.50. The number of nitrogens with zero attached hydrogens (tertiary/aromatic N) is 2. The monoisotopic (exact) mass is 310 g/mol. The zero-order chi connectivity index (χ0) is 16.4. The van der Waals surface area contributed by atoms with Gasteiger partial charge in [-0.25, -0.2) is 0 Å². The lowest BCUT2D eigenvalue weighted by molar-refractivity contribution is -0.537. The quantitative estimate of drug-likeness (QED) is 0.492. The van der Waals surface area contributed by atoms with Gasteiger partial charge in [0.15, 0.2) is 0 Å². The number of fused-ring (bicyclic) bond motifs is 1. The summed E-state index contributed by atoms with van der Waals surface area (Å²) in [6, 6.07) is 2.24. The Morgan fingerprint density at radius 2 is 2.00 bits per heavy atom. The topological polar surface area (TPSA) is 133 Å². The highest BCUT2D eigenvalue weighted by Crippen LogP contribution is 2.45. The second-order valence-corrected chi connectivity index (χ2v) is 4.91. The zero-order valence-corrected chi connectivity index (χ0v) is 11.7. The zero-order valence-electron chi connectivity index (χ0n) is 11.7. The normalized spacial score (nSPS) is 22.9. The third kappa shape index (κ3) is 2.75. The van der Waals surface area contributed by atoms with Crippen LogP contribution in [0.3, 0.4) is 0 Å². The lowest BCUT2D eigenvalue weighted by Crippen LogP contribution is -2.29. The minimum absolute atomic E-state index is 0.116. The van der Waals surface area contributed by atoms with Crippen LogP contribution in [0, 0.1) is 20.2 Å². The first-order valence-corrected chi connectivity index (χ1v) is 6.62. The Hall–Kier alpha value is -2.55. The van der Waals surface area contributed by atoms with E-state index in [-0.39, 0.29) is 24.3 Å². The van der Waals surface area contributed by atoms with Crippen LogP contribution >= 0.6 is 0 Å². The van der Waals surface area contributed by atoms with Gasteiger partial charge >= 0.3 is 5.97 Å². The number of carbonyl (C=O) groups is 1. The fourth-order valence-electron chi connectivity index (χ4n) is 2.75. The van der Waals surface area contributed by atoms with Crippen molar-refractivity contribution < 1.29 is 24.5 Å². The van der Waals surface area contributed by atoms with E-state index in [0.29, 0.717) is 5.56 Å². The minimum Gasteiger partial charge on any atom is -0.466 e. The molecule has 1 N–H and O–H groups in total. The second-order valence-electron chi connectivity index (χ2n) is 4.91. The number of rotatable bonds is 5. The van der Waals surface area contributed by atoms with E-state index in [9.17, 15) is 30.1 Å². The van der Waals surface area contributed by atoms with Gasteiger partial charge in [-0.1, -0.05) is 6.07 Å². The van der Waals surface area contributed by atoms with Crippen LogP contribution in [0.2, 0.25) is 0 Å². The number of esters is 1. The molecule has 2 rings (SSSR count). The Morgan fingerprint density at radius 1 is 1.32 bits per heavy atom. The number of nitro benzene ring substituents is 1. The van der Waals surface area contributed by atoms with Crippen molar-refractivity contribution in [2.75, 3.05) is 6.61 Å². The SMILES string of the molecule is CCOC(=O)C[C@@H]1c2ccc([N+](=O)[O-])cc2[C@H](O)[C@H]1[N+](=O)[O-]. The van der Waals surface area contributed by atoms with Crippen molar-refractivity contribution in [1.29, 1.82) is 0 Å². The predicted molar refractivity (Wildman–Crippen MR) is 72.8 cm³/mol. The molecule has 9 nitrogen and oxygen atoms in total. The largest absolute Gasteiger partial charge is 0.466 e. The van der Waals surface area contributed by atoms with Crippen LogP contribution in [0.4, 0.5) is 5.69 Å². The number of hydrogen-bond acceptors (Lipinski definition) is 7. The van der Waals surface area contributed by atoms with Gasteiger partial charge in [0.2, 0.25) is 6.04 Å². The van der Waals surface area contributed by atoms with Gasteiger partial charge in [0.25, 0.3) is 5.69 Å². The van der Waals surface area contributed by atoms with E-state index in [0.717, 1.165) is 6.07 Å². The molecule has 1 aromatic carbocycles. The van der Waals surface area contributed by atoms with E-state index < -0.39 is 33.9 Å². The summed E-state index contributed by atoms with van der Waals surface area (Å²) in [5.41, 5.74) is 0.217. The van der Waals surface area contributed by atoms with E-state index in [1.807, 2.05) is 0 Å². The van der Waals surface area contributed by atoms with Crippen LogP contribution in [0.1, 0.15) is 36.5 Å². The van der Waals surface area contributed by atoms with Crippen molar-refractivity contribution in [1.82, 2.24) is 0 Å². The van der Waals surface area contributed by atoms with Gasteiger partial charge in [-0.15, -0.1) is 0 Å². The molecule has 0 saturated heterocycles. The molecule has 0 radical (unpaired) electrons. The molecule has 0 saturated carbocycles. The molecule has 0 bridgehead atoms. The molecule has 22 heavy (non-hydrogen) atoms. The van der Waals surface area contributed by atoms with Crippen LogP contribution in [-0.2, 0) is 9.53 Å². The molecule has 3 atom stereocenters. The number of ether oxygens (including phenoxy) is 1. The predicted octanol–water partition coefficient (Wildman–Crippen LogP) is 1.32. The Bertz CT molecular complexity index is 631. The van der Waals surface area contributed by atoms with Gasteiger partial charge in [-0.3, -0.25) is 25.0 Å². The van der Waals surface area contributed by atoms with Crippen LogP contribution < -0.4 is 0 Å². The lowest BCUT2D eigenvalue weighted by Gasteiger charge is -2.14. The summed E-state index contributed by atoms with van der Waals surface area (Å²) in [7, 11) is 0. The van der Waals surface area contributed by atoms with Gasteiger partial charge in [0.05, 0.1) is 23.9 Å². The molecule has 0 fully saturated rings. The third-order valence-electron chi connectivity index (χ3n) is 3.67. The van der Waals surface area contributed by atoms with Crippen molar-refractivity contribution in [3.8, 4) is 0 Å². The van der Waals surface area contributed by atoms with Crippen molar-refractivity contribution in [2.45, 2.75) is 31.4 Å². The van der Waals surface area contributed by atoms with E-state index >= 15 is 0 Å². The Morgan fingerprint density at radius 3 is 2.55 bits per heavy atom. The van der Waals surface area contributed by atoms with Crippen LogP contribution in [-0.4, -0.2) is 33.6 Å². The van der Waals surface area contributed by atoms with E-state index in [1.165, 1.54) is 12.1 Å². The van der Waals surface area contributed by atoms with Crippen molar-refractivity contribution in [3.63, 3.8) is 0 Å². The van der Waals surface area contributed by atoms with E-state index in [4.69, 9.17) is 4.74 Å². The summed E-state index contributed by atoms with van der Waals surface area (Å²) in [6.07, 6.45) is -1.76. The molecule has 0 unspecified atom stereocenters. The molecule has 0 amide bonds. The van der Waals surface area contributed by atoms with Crippen molar-refractivity contribution in [3.05, 3.63) is 49.6 Å². The maximum Gasteiger partial charge on any atom is 0.306 e.